The average molecular weight is 591 g/mol. The molecule has 4 atom stereocenters. The van der Waals surface area contributed by atoms with E-state index in [0.29, 0.717) is 38.0 Å². The van der Waals surface area contributed by atoms with Gasteiger partial charge in [-0.1, -0.05) is 68.2 Å². The number of ether oxygens (including phenoxy) is 3. The summed E-state index contributed by atoms with van der Waals surface area (Å²) >= 11 is 0. The summed E-state index contributed by atoms with van der Waals surface area (Å²) in [5.74, 6) is -4.54. The first kappa shape index (κ1) is 35.2. The second kappa shape index (κ2) is 20.0. The number of carbonyl (C=O) groups is 2. The molecule has 8 heteroatoms. The second-order valence-electron chi connectivity index (χ2n) is 10.9. The predicted molar refractivity (Wildman–Crippen MR) is 160 cm³/mol. The summed E-state index contributed by atoms with van der Waals surface area (Å²) in [6.07, 6.45) is 16.4. The van der Waals surface area contributed by atoms with Crippen molar-refractivity contribution in [3.63, 3.8) is 0 Å². The van der Waals surface area contributed by atoms with Crippen LogP contribution in [0.3, 0.4) is 0 Å². The molecule has 1 N–H and O–H groups in total. The number of alkyl halides is 2. The Morgan fingerprint density at radius 1 is 1.02 bits per heavy atom. The van der Waals surface area contributed by atoms with E-state index < -0.39 is 36.6 Å². The van der Waals surface area contributed by atoms with Crippen LogP contribution < -0.4 is 4.74 Å². The Morgan fingerprint density at radius 2 is 1.74 bits per heavy atom. The predicted octanol–water partition coefficient (Wildman–Crippen LogP) is 7.76. The van der Waals surface area contributed by atoms with Crippen molar-refractivity contribution < 1.29 is 37.7 Å². The van der Waals surface area contributed by atoms with Crippen LogP contribution in [0, 0.1) is 11.8 Å². The van der Waals surface area contributed by atoms with Crippen LogP contribution in [-0.2, 0) is 19.1 Å². The van der Waals surface area contributed by atoms with Crippen LogP contribution in [0.15, 0.2) is 67.3 Å². The van der Waals surface area contributed by atoms with E-state index in [0.717, 1.165) is 31.8 Å². The second-order valence-corrected chi connectivity index (χ2v) is 10.9. The lowest BCUT2D eigenvalue weighted by molar-refractivity contribution is -0.148. The Morgan fingerprint density at radius 3 is 2.45 bits per heavy atom. The molecule has 0 amide bonds. The lowest BCUT2D eigenvalue weighted by Crippen LogP contribution is -2.26. The Kier molecular flexibility index (Phi) is 16.8. The smallest absolute Gasteiger partial charge is 0.305 e. The highest BCUT2D eigenvalue weighted by molar-refractivity contribution is 5.69. The van der Waals surface area contributed by atoms with E-state index in [1.54, 1.807) is 30.3 Å². The molecule has 0 bridgehead atoms. The van der Waals surface area contributed by atoms with Gasteiger partial charge in [-0.15, -0.1) is 6.58 Å². The van der Waals surface area contributed by atoms with Gasteiger partial charge in [-0.2, -0.15) is 8.78 Å². The molecule has 1 aromatic rings. The van der Waals surface area contributed by atoms with E-state index in [1.807, 2.05) is 18.2 Å². The molecule has 6 nitrogen and oxygen atoms in total. The molecule has 1 aromatic carbocycles. The Bertz CT molecular complexity index is 978. The van der Waals surface area contributed by atoms with Crippen molar-refractivity contribution >= 4 is 11.9 Å². The highest BCUT2D eigenvalue weighted by atomic mass is 19.3. The highest BCUT2D eigenvalue weighted by Gasteiger charge is 2.43. The average Bonchev–Trinajstić information content (AvgIpc) is 3.25. The maximum absolute atomic E-state index is 14.5. The number of unbranched alkanes of at least 4 members (excludes halogenated alkanes) is 7. The summed E-state index contributed by atoms with van der Waals surface area (Å²) in [6.45, 7) is 4.65. The molecule has 0 unspecified atom stereocenters. The van der Waals surface area contributed by atoms with E-state index in [2.05, 4.69) is 6.58 Å². The lowest BCUT2D eigenvalue weighted by Gasteiger charge is -2.22. The minimum Gasteiger partial charge on any atom is -0.487 e. The fraction of sp³-hybridized carbons (Fsp3) is 0.588. The zero-order chi connectivity index (χ0) is 30.6. The van der Waals surface area contributed by atoms with E-state index >= 15 is 0 Å². The molecule has 2 rings (SSSR count). The summed E-state index contributed by atoms with van der Waals surface area (Å²) in [6, 6.07) is 8.38. The van der Waals surface area contributed by atoms with Crippen LogP contribution in [0.25, 0.3) is 0 Å². The van der Waals surface area contributed by atoms with Gasteiger partial charge in [0.05, 0.1) is 12.7 Å². The van der Waals surface area contributed by atoms with Gasteiger partial charge in [0.25, 0.3) is 5.92 Å². The van der Waals surface area contributed by atoms with Crippen molar-refractivity contribution in [1.29, 1.82) is 0 Å². The molecule has 234 valence electrons. The first-order chi connectivity index (χ1) is 20.2. The van der Waals surface area contributed by atoms with Gasteiger partial charge in [0.15, 0.2) is 6.61 Å². The zero-order valence-electron chi connectivity index (χ0n) is 24.9. The standard InChI is InChI=1S/C34H48F2O6/c1-3-4-5-6-7-8-11-17-24-40-33(39)21-16-10-9-15-20-30-29(31(38)25-32(30)42-27(2)37)22-23-34(35,36)26-41-28-18-13-12-14-19-28/h3,9,12-15,18-19,22-23,29-32,38H,1,4-8,10-11,16-17,20-21,24-26H2,2H3/b15-9-,23-22+/t29-,30-,31-,32+/m1/s1. The zero-order valence-corrected chi connectivity index (χ0v) is 24.9. The minimum atomic E-state index is -3.24. The maximum Gasteiger partial charge on any atom is 0.305 e. The van der Waals surface area contributed by atoms with Crippen molar-refractivity contribution in [2.45, 2.75) is 102 Å². The van der Waals surface area contributed by atoms with Crippen molar-refractivity contribution in [3.8, 4) is 5.75 Å². The van der Waals surface area contributed by atoms with E-state index in [1.165, 1.54) is 32.3 Å². The third-order valence-electron chi connectivity index (χ3n) is 7.34. The van der Waals surface area contributed by atoms with Crippen LogP contribution in [0.4, 0.5) is 8.78 Å². The Labute approximate surface area is 249 Å². The molecule has 0 heterocycles. The number of rotatable bonds is 21. The fourth-order valence-electron chi connectivity index (χ4n) is 5.12. The number of carbonyl (C=O) groups excluding carboxylic acids is 2. The van der Waals surface area contributed by atoms with Gasteiger partial charge in [0, 0.05) is 31.6 Å². The first-order valence-electron chi connectivity index (χ1n) is 15.2. The number of aliphatic hydroxyl groups excluding tert-OH is 1. The number of esters is 2. The summed E-state index contributed by atoms with van der Waals surface area (Å²) in [4.78, 5) is 23.6. The lowest BCUT2D eigenvalue weighted by atomic mass is 9.89. The number of hydrogen-bond donors (Lipinski definition) is 1. The van der Waals surface area contributed by atoms with E-state index in [4.69, 9.17) is 14.2 Å². The number of hydrogen-bond acceptors (Lipinski definition) is 6. The highest BCUT2D eigenvalue weighted by Crippen LogP contribution is 2.39. The van der Waals surface area contributed by atoms with Crippen LogP contribution in [0.5, 0.6) is 5.75 Å². The molecule has 1 aliphatic carbocycles. The molecule has 0 aromatic heterocycles. The maximum atomic E-state index is 14.5. The van der Waals surface area contributed by atoms with Crippen LogP contribution in [0.1, 0.15) is 84.0 Å². The van der Waals surface area contributed by atoms with Gasteiger partial charge < -0.3 is 19.3 Å². The quantitative estimate of drug-likeness (QED) is 0.0895. The van der Waals surface area contributed by atoms with Crippen LogP contribution >= 0.6 is 0 Å². The fourth-order valence-corrected chi connectivity index (χ4v) is 5.12. The van der Waals surface area contributed by atoms with Crippen molar-refractivity contribution in [3.05, 3.63) is 67.3 Å². The van der Waals surface area contributed by atoms with Crippen molar-refractivity contribution in [1.82, 2.24) is 0 Å². The van der Waals surface area contributed by atoms with Crippen molar-refractivity contribution in [2.75, 3.05) is 13.2 Å². The van der Waals surface area contributed by atoms with Gasteiger partial charge in [0.2, 0.25) is 0 Å². The number of halogens is 2. The van der Waals surface area contributed by atoms with Crippen LogP contribution in [-0.4, -0.2) is 48.4 Å². The largest absolute Gasteiger partial charge is 0.487 e. The summed E-state index contributed by atoms with van der Waals surface area (Å²) in [5, 5.41) is 10.6. The molecule has 1 aliphatic rings. The monoisotopic (exact) mass is 590 g/mol. The molecule has 0 spiro atoms. The summed E-state index contributed by atoms with van der Waals surface area (Å²) in [5.41, 5.74) is 0. The van der Waals surface area contributed by atoms with Crippen LogP contribution in [0.2, 0.25) is 0 Å². The van der Waals surface area contributed by atoms with E-state index in [9.17, 15) is 23.5 Å². The normalized spacial score (nSPS) is 20.7. The van der Waals surface area contributed by atoms with Gasteiger partial charge >= 0.3 is 11.9 Å². The number of para-hydroxylation sites is 1. The van der Waals surface area contributed by atoms with Gasteiger partial charge in [-0.3, -0.25) is 9.59 Å². The molecule has 42 heavy (non-hydrogen) atoms. The van der Waals surface area contributed by atoms with Gasteiger partial charge in [0.1, 0.15) is 11.9 Å². The minimum absolute atomic E-state index is 0.181. The molecule has 0 saturated heterocycles. The SMILES string of the molecule is C=CCCCCCCCCOC(=O)CCC/C=C\C[C@@H]1[C@@H](/C=C/C(F)(F)COc2ccccc2)[C@H](O)C[C@@H]1OC(C)=O. The number of aliphatic hydroxyl groups is 1. The molecule has 0 aliphatic heterocycles. The molecular weight excluding hydrogens is 542 g/mol. The van der Waals surface area contributed by atoms with E-state index in [-0.39, 0.29) is 18.3 Å². The molecular formula is C34H48F2O6. The Balaban J connectivity index is 1.75. The molecule has 0 radical (unpaired) electrons. The Hall–Kier alpha value is -3.00. The third kappa shape index (κ3) is 14.8. The van der Waals surface area contributed by atoms with Crippen molar-refractivity contribution in [2.24, 2.45) is 11.8 Å². The topological polar surface area (TPSA) is 82.1 Å². The molecule has 1 saturated carbocycles. The summed E-state index contributed by atoms with van der Waals surface area (Å²) < 4.78 is 45.0. The third-order valence-corrected chi connectivity index (χ3v) is 7.34. The first-order valence-corrected chi connectivity index (χ1v) is 15.2. The van der Waals surface area contributed by atoms with Gasteiger partial charge in [-0.05, 0) is 56.7 Å². The number of allylic oxidation sites excluding steroid dienone is 3. The van der Waals surface area contributed by atoms with Gasteiger partial charge in [-0.25, -0.2) is 0 Å². The molecule has 1 fully saturated rings. The summed E-state index contributed by atoms with van der Waals surface area (Å²) in [7, 11) is 0. The number of benzene rings is 1.